The van der Waals surface area contributed by atoms with Crippen LogP contribution in [0.5, 0.6) is 0 Å². The maximum atomic E-state index is 13.8. The molecule has 0 radical (unpaired) electrons. The van der Waals surface area contributed by atoms with Crippen molar-refractivity contribution in [2.24, 2.45) is 5.73 Å². The van der Waals surface area contributed by atoms with E-state index in [1.54, 1.807) is 117 Å². The quantitative estimate of drug-likeness (QED) is 0.0773. The first kappa shape index (κ1) is 47.7. The lowest BCUT2D eigenvalue weighted by atomic mass is 9.85. The molecule has 3 aromatic rings. The molecule has 0 atom stereocenters. The van der Waals surface area contributed by atoms with Crippen LogP contribution >= 0.6 is 0 Å². The summed E-state index contributed by atoms with van der Waals surface area (Å²) in [6.07, 6.45) is -3.98. The van der Waals surface area contributed by atoms with Crippen LogP contribution in [0.1, 0.15) is 81.6 Å². The Labute approximate surface area is 349 Å². The van der Waals surface area contributed by atoms with E-state index in [1.165, 1.54) is 18.2 Å². The van der Waals surface area contributed by atoms with Gasteiger partial charge in [-0.3, -0.25) is 35.1 Å². The van der Waals surface area contributed by atoms with Gasteiger partial charge in [0.15, 0.2) is 0 Å². The Balaban J connectivity index is 1.92. The fourth-order valence-electron chi connectivity index (χ4n) is 5.49. The fraction of sp³-hybridized carbons (Fsp3) is 0.405. The number of nitrogens with two attached hydrogens (primary N) is 1. The molecule has 0 aliphatic heterocycles. The molecule has 18 heteroatoms. The Bertz CT molecular complexity index is 1830. The molecule has 18 nitrogen and oxygen atoms in total. The Hall–Kier alpha value is -6.69. The van der Waals surface area contributed by atoms with Gasteiger partial charge in [0, 0.05) is 34.1 Å². The number of ether oxygens (including phenoxy) is 3. The molecule has 0 unspecified atom stereocenters. The molecule has 0 aromatic heterocycles. The van der Waals surface area contributed by atoms with Crippen molar-refractivity contribution in [2.45, 2.75) is 104 Å². The van der Waals surface area contributed by atoms with Gasteiger partial charge in [-0.15, -0.1) is 0 Å². The van der Waals surface area contributed by atoms with E-state index in [0.29, 0.717) is 17.1 Å². The van der Waals surface area contributed by atoms with Gasteiger partial charge in [0.2, 0.25) is 23.6 Å². The molecule has 0 fully saturated rings. The van der Waals surface area contributed by atoms with E-state index >= 15 is 0 Å². The van der Waals surface area contributed by atoms with Gasteiger partial charge in [-0.1, -0.05) is 18.2 Å². The van der Waals surface area contributed by atoms with E-state index < -0.39 is 90.1 Å². The SMILES string of the molecule is CC(C)(C)OC(=O)Nc1cccc(NC(=O)CC(CC(=O)Nc2cccc(NC(=O)OC(C)(C)C)c2)(CC(=O)Nc2cccc(NC(=O)OC(C)(C)C)c2)NC(=O)CN)c1. The van der Waals surface area contributed by atoms with Gasteiger partial charge in [-0.2, -0.15) is 0 Å². The second-order valence-corrected chi connectivity index (χ2v) is 16.8. The number of hydrogen-bond acceptors (Lipinski definition) is 11. The van der Waals surface area contributed by atoms with Crippen molar-refractivity contribution in [3.05, 3.63) is 72.8 Å². The van der Waals surface area contributed by atoms with Crippen LogP contribution in [0.3, 0.4) is 0 Å². The van der Waals surface area contributed by atoms with Crippen LogP contribution in [0, 0.1) is 0 Å². The normalized spacial score (nSPS) is 11.6. The first-order chi connectivity index (χ1) is 27.8. The largest absolute Gasteiger partial charge is 0.444 e. The molecule has 0 saturated carbocycles. The van der Waals surface area contributed by atoms with Gasteiger partial charge in [0.05, 0.1) is 31.3 Å². The van der Waals surface area contributed by atoms with Crippen LogP contribution in [0.4, 0.5) is 48.5 Å². The van der Waals surface area contributed by atoms with Gasteiger partial charge in [-0.25, -0.2) is 14.4 Å². The maximum absolute atomic E-state index is 13.8. The van der Waals surface area contributed by atoms with E-state index in [2.05, 4.69) is 37.2 Å². The zero-order valence-corrected chi connectivity index (χ0v) is 35.4. The summed E-state index contributed by atoms with van der Waals surface area (Å²) in [7, 11) is 0. The molecule has 7 amide bonds. The summed E-state index contributed by atoms with van der Waals surface area (Å²) < 4.78 is 15.9. The Morgan fingerprint density at radius 3 is 0.917 bits per heavy atom. The van der Waals surface area contributed by atoms with Crippen LogP contribution in [-0.2, 0) is 33.4 Å². The Kier molecular flexibility index (Phi) is 16.2. The number of carbonyl (C=O) groups excluding carboxylic acids is 7. The lowest BCUT2D eigenvalue weighted by Gasteiger charge is -2.33. The van der Waals surface area contributed by atoms with Crippen molar-refractivity contribution in [3.8, 4) is 0 Å². The predicted molar refractivity (Wildman–Crippen MR) is 229 cm³/mol. The molecule has 3 aromatic carbocycles. The van der Waals surface area contributed by atoms with Crippen molar-refractivity contribution in [1.82, 2.24) is 5.32 Å². The summed E-state index contributed by atoms with van der Waals surface area (Å²) in [6, 6.07) is 18.5. The average molecular weight is 833 g/mol. The molecule has 60 heavy (non-hydrogen) atoms. The lowest BCUT2D eigenvalue weighted by Crippen LogP contribution is -2.55. The topological polar surface area (TPSA) is 257 Å². The van der Waals surface area contributed by atoms with Gasteiger partial charge in [0.25, 0.3) is 0 Å². The highest BCUT2D eigenvalue weighted by Gasteiger charge is 2.39. The first-order valence-corrected chi connectivity index (χ1v) is 19.0. The molecule has 0 aliphatic carbocycles. The summed E-state index contributed by atoms with van der Waals surface area (Å²) in [5, 5.41) is 18.5. The van der Waals surface area contributed by atoms with Crippen molar-refractivity contribution in [3.63, 3.8) is 0 Å². The second-order valence-electron chi connectivity index (χ2n) is 16.8. The molecule has 9 N–H and O–H groups in total. The van der Waals surface area contributed by atoms with Crippen molar-refractivity contribution in [2.75, 3.05) is 38.4 Å². The molecule has 0 aliphatic rings. The van der Waals surface area contributed by atoms with E-state index in [0.717, 1.165) is 0 Å². The number of amides is 7. The summed E-state index contributed by atoms with van der Waals surface area (Å²) in [5.41, 5.74) is 3.15. The van der Waals surface area contributed by atoms with Crippen LogP contribution in [0.25, 0.3) is 0 Å². The molecule has 0 heterocycles. The van der Waals surface area contributed by atoms with E-state index in [-0.39, 0.29) is 17.1 Å². The third kappa shape index (κ3) is 18.3. The number of carbonyl (C=O) groups is 7. The average Bonchev–Trinajstić information content (AvgIpc) is 3.05. The third-order valence-corrected chi connectivity index (χ3v) is 7.46. The molecule has 0 bridgehead atoms. The zero-order chi connectivity index (χ0) is 44.9. The second kappa shape index (κ2) is 20.3. The number of rotatable bonds is 14. The van der Waals surface area contributed by atoms with Gasteiger partial charge in [-0.05, 0) is 117 Å². The number of benzene rings is 3. The maximum Gasteiger partial charge on any atom is 0.412 e. The molecular weight excluding hydrogens is 777 g/mol. The Morgan fingerprint density at radius 2 is 0.683 bits per heavy atom. The van der Waals surface area contributed by atoms with Crippen LogP contribution in [0.2, 0.25) is 0 Å². The molecule has 324 valence electrons. The highest BCUT2D eigenvalue weighted by molar-refractivity contribution is 6.00. The van der Waals surface area contributed by atoms with Crippen molar-refractivity contribution in [1.29, 1.82) is 0 Å². The van der Waals surface area contributed by atoms with E-state index in [1.807, 2.05) is 0 Å². The first-order valence-electron chi connectivity index (χ1n) is 19.0. The highest BCUT2D eigenvalue weighted by atomic mass is 16.6. The monoisotopic (exact) mass is 832 g/mol. The fourth-order valence-corrected chi connectivity index (χ4v) is 5.49. The van der Waals surface area contributed by atoms with Gasteiger partial charge < -0.3 is 41.2 Å². The van der Waals surface area contributed by atoms with Crippen LogP contribution < -0.4 is 43.0 Å². The Morgan fingerprint density at radius 1 is 0.433 bits per heavy atom. The molecular formula is C42H56N8O10. The predicted octanol–water partition coefficient (Wildman–Crippen LogP) is 6.93. The van der Waals surface area contributed by atoms with E-state index in [9.17, 15) is 33.6 Å². The third-order valence-electron chi connectivity index (χ3n) is 7.46. The summed E-state index contributed by atoms with van der Waals surface area (Å²) in [4.78, 5) is 91.6. The van der Waals surface area contributed by atoms with E-state index in [4.69, 9.17) is 19.9 Å². The van der Waals surface area contributed by atoms with Gasteiger partial charge >= 0.3 is 18.3 Å². The minimum Gasteiger partial charge on any atom is -0.444 e. The standard InChI is InChI=1S/C42H56N8O10/c1-39(2,3)58-36(55)47-29-16-10-13-26(19-29)44-32(51)22-42(50-35(54)25-43,23-33(52)45-27-14-11-17-30(20-27)48-37(56)59-40(4,5)6)24-34(53)46-28-15-12-18-31(21-28)49-38(57)60-41(7,8)9/h10-21H,22-25,43H2,1-9H3,(H,44,51)(H,45,52)(H,46,53)(H,47,55)(H,48,56)(H,49,57)(H,50,54). The van der Waals surface area contributed by atoms with Crippen LogP contribution in [-0.4, -0.2) is 70.8 Å². The van der Waals surface area contributed by atoms with Gasteiger partial charge in [0.1, 0.15) is 16.8 Å². The summed E-state index contributed by atoms with van der Waals surface area (Å²) >= 11 is 0. The summed E-state index contributed by atoms with van der Waals surface area (Å²) in [5.74, 6) is -2.91. The lowest BCUT2D eigenvalue weighted by molar-refractivity contribution is -0.126. The zero-order valence-electron chi connectivity index (χ0n) is 35.4. The van der Waals surface area contributed by atoms with Crippen LogP contribution in [0.15, 0.2) is 72.8 Å². The van der Waals surface area contributed by atoms with Crippen molar-refractivity contribution >= 4 is 76.0 Å². The molecule has 0 saturated heterocycles. The molecule has 3 rings (SSSR count). The minimum absolute atomic E-state index is 0.241. The number of nitrogens with one attached hydrogen (secondary N) is 7. The molecule has 0 spiro atoms. The van der Waals surface area contributed by atoms with Crippen molar-refractivity contribution < 1.29 is 47.8 Å². The smallest absolute Gasteiger partial charge is 0.412 e. The highest BCUT2D eigenvalue weighted by Crippen LogP contribution is 2.27. The number of anilines is 6. The minimum atomic E-state index is -1.88. The number of hydrogen-bond donors (Lipinski definition) is 8. The summed E-state index contributed by atoms with van der Waals surface area (Å²) in [6.45, 7) is 14.8.